The molecular formula is C14H26N2O3S. The molecule has 0 aromatic heterocycles. The van der Waals surface area contributed by atoms with Crippen LogP contribution >= 0.6 is 11.8 Å². The van der Waals surface area contributed by atoms with Crippen molar-refractivity contribution in [2.75, 3.05) is 6.26 Å². The van der Waals surface area contributed by atoms with Crippen molar-refractivity contribution in [3.63, 3.8) is 0 Å². The zero-order valence-corrected chi connectivity index (χ0v) is 13.3. The monoisotopic (exact) mass is 302 g/mol. The molecule has 2 amide bonds. The van der Waals surface area contributed by atoms with Crippen molar-refractivity contribution < 1.29 is 14.7 Å². The summed E-state index contributed by atoms with van der Waals surface area (Å²) in [5.41, 5.74) is 0. The predicted octanol–water partition coefficient (Wildman–Crippen LogP) is 2.46. The van der Waals surface area contributed by atoms with Crippen LogP contribution in [0.25, 0.3) is 0 Å². The Balaban J connectivity index is 2.49. The molecule has 2 unspecified atom stereocenters. The lowest BCUT2D eigenvalue weighted by molar-refractivity contribution is -0.139. The summed E-state index contributed by atoms with van der Waals surface area (Å²) in [6, 6.07) is -1.03. The van der Waals surface area contributed by atoms with Crippen LogP contribution in [-0.4, -0.2) is 40.7 Å². The lowest BCUT2D eigenvalue weighted by Gasteiger charge is -2.31. The second-order valence-electron chi connectivity index (χ2n) is 5.80. The minimum atomic E-state index is -0.973. The van der Waals surface area contributed by atoms with Crippen molar-refractivity contribution in [1.82, 2.24) is 10.6 Å². The molecule has 0 radical (unpaired) electrons. The quantitative estimate of drug-likeness (QED) is 0.704. The molecule has 0 aromatic rings. The van der Waals surface area contributed by atoms with Crippen molar-refractivity contribution >= 4 is 23.8 Å². The summed E-state index contributed by atoms with van der Waals surface area (Å²) in [4.78, 5) is 23.1. The molecule has 0 aliphatic heterocycles. The Morgan fingerprint density at radius 1 is 1.30 bits per heavy atom. The highest BCUT2D eigenvalue weighted by Gasteiger charge is 2.27. The number of urea groups is 1. The molecular weight excluding hydrogens is 276 g/mol. The number of amides is 2. The van der Waals surface area contributed by atoms with Gasteiger partial charge in [-0.3, -0.25) is 0 Å². The van der Waals surface area contributed by atoms with E-state index in [1.165, 1.54) is 6.42 Å². The average molecular weight is 302 g/mol. The van der Waals surface area contributed by atoms with Gasteiger partial charge >= 0.3 is 12.0 Å². The third-order valence-electron chi connectivity index (χ3n) is 3.63. The summed E-state index contributed by atoms with van der Waals surface area (Å²) in [5, 5.41) is 15.1. The number of hydrogen-bond acceptors (Lipinski definition) is 3. The van der Waals surface area contributed by atoms with Gasteiger partial charge in [0.1, 0.15) is 6.04 Å². The van der Waals surface area contributed by atoms with Crippen molar-refractivity contribution in [3.05, 3.63) is 0 Å². The minimum Gasteiger partial charge on any atom is -0.480 e. The highest BCUT2D eigenvalue weighted by molar-refractivity contribution is 7.99. The number of carbonyl (C=O) groups excluding carboxylic acids is 1. The van der Waals surface area contributed by atoms with E-state index in [2.05, 4.69) is 16.9 Å². The third kappa shape index (κ3) is 5.61. The van der Waals surface area contributed by atoms with E-state index < -0.39 is 12.0 Å². The summed E-state index contributed by atoms with van der Waals surface area (Å²) in [7, 11) is 0. The molecule has 1 aliphatic carbocycles. The van der Waals surface area contributed by atoms with Gasteiger partial charge in [-0.05, 0) is 31.4 Å². The van der Waals surface area contributed by atoms with Gasteiger partial charge in [0, 0.05) is 11.3 Å². The maximum atomic E-state index is 12.0. The first kappa shape index (κ1) is 17.1. The first-order valence-electron chi connectivity index (χ1n) is 7.26. The smallest absolute Gasteiger partial charge is 0.326 e. The Kier molecular flexibility index (Phi) is 7.19. The van der Waals surface area contributed by atoms with E-state index in [4.69, 9.17) is 5.11 Å². The molecule has 0 saturated heterocycles. The maximum Gasteiger partial charge on any atom is 0.326 e. The number of rotatable bonds is 6. The molecule has 116 valence electrons. The van der Waals surface area contributed by atoms with Gasteiger partial charge in [0.25, 0.3) is 0 Å². The number of carboxylic acids is 1. The Bertz CT molecular complexity index is 336. The van der Waals surface area contributed by atoms with Crippen molar-refractivity contribution in [2.24, 2.45) is 5.92 Å². The van der Waals surface area contributed by atoms with E-state index in [1.807, 2.05) is 13.8 Å². The van der Waals surface area contributed by atoms with Gasteiger partial charge in [-0.25, -0.2) is 9.59 Å². The van der Waals surface area contributed by atoms with Crippen molar-refractivity contribution in [1.29, 1.82) is 0 Å². The largest absolute Gasteiger partial charge is 0.480 e. The summed E-state index contributed by atoms with van der Waals surface area (Å²) >= 11 is 1.77. The molecule has 1 fully saturated rings. The molecule has 3 atom stereocenters. The van der Waals surface area contributed by atoms with Crippen LogP contribution in [0, 0.1) is 5.92 Å². The first-order valence-corrected chi connectivity index (χ1v) is 8.55. The van der Waals surface area contributed by atoms with Crippen LogP contribution in [0.1, 0.15) is 46.0 Å². The first-order chi connectivity index (χ1) is 9.43. The van der Waals surface area contributed by atoms with Gasteiger partial charge in [0.2, 0.25) is 0 Å². The lowest BCUT2D eigenvalue weighted by Crippen LogP contribution is -2.52. The van der Waals surface area contributed by atoms with Gasteiger partial charge in [-0.15, -0.1) is 0 Å². The van der Waals surface area contributed by atoms with E-state index in [-0.39, 0.29) is 18.0 Å². The summed E-state index contributed by atoms with van der Waals surface area (Å²) in [5.74, 6) is -0.746. The van der Waals surface area contributed by atoms with Gasteiger partial charge in [0.05, 0.1) is 0 Å². The van der Waals surface area contributed by atoms with Gasteiger partial charge < -0.3 is 15.7 Å². The van der Waals surface area contributed by atoms with Crippen LogP contribution < -0.4 is 10.6 Å². The number of thioether (sulfide) groups is 1. The number of nitrogens with one attached hydrogen (secondary N) is 2. The number of aliphatic carboxylic acids is 1. The summed E-state index contributed by atoms with van der Waals surface area (Å²) in [6.07, 6.45) is 6.91. The van der Waals surface area contributed by atoms with Crippen LogP contribution in [0.15, 0.2) is 0 Å². The molecule has 1 saturated carbocycles. The highest BCUT2D eigenvalue weighted by Crippen LogP contribution is 2.27. The molecule has 6 heteroatoms. The molecule has 5 nitrogen and oxygen atoms in total. The second kappa shape index (κ2) is 8.39. The molecule has 20 heavy (non-hydrogen) atoms. The molecule has 0 bridgehead atoms. The van der Waals surface area contributed by atoms with E-state index in [9.17, 15) is 9.59 Å². The normalized spacial score (nSPS) is 24.2. The Morgan fingerprint density at radius 2 is 1.95 bits per heavy atom. The van der Waals surface area contributed by atoms with Crippen LogP contribution in [0.3, 0.4) is 0 Å². The van der Waals surface area contributed by atoms with Crippen LogP contribution in [0.2, 0.25) is 0 Å². The van der Waals surface area contributed by atoms with Gasteiger partial charge in [-0.2, -0.15) is 11.8 Å². The number of hydrogen-bond donors (Lipinski definition) is 3. The van der Waals surface area contributed by atoms with Gasteiger partial charge in [0.15, 0.2) is 0 Å². The fraction of sp³-hybridized carbons (Fsp3) is 0.857. The molecule has 1 rings (SSSR count). The lowest BCUT2D eigenvalue weighted by atomic mass is 9.95. The minimum absolute atomic E-state index is 0.146. The van der Waals surface area contributed by atoms with E-state index in [0.717, 1.165) is 19.3 Å². The number of carbonyl (C=O) groups is 2. The third-order valence-corrected chi connectivity index (χ3v) is 4.80. The van der Waals surface area contributed by atoms with Gasteiger partial charge in [-0.1, -0.05) is 26.7 Å². The second-order valence-corrected chi connectivity index (χ2v) is 6.88. The zero-order valence-electron chi connectivity index (χ0n) is 12.5. The zero-order chi connectivity index (χ0) is 15.1. The van der Waals surface area contributed by atoms with Crippen molar-refractivity contribution in [3.8, 4) is 0 Å². The van der Waals surface area contributed by atoms with E-state index >= 15 is 0 Å². The SMILES string of the molecule is CSC1CCCCC1NC(=O)N[C@@H](CC(C)C)C(=O)O. The summed E-state index contributed by atoms with van der Waals surface area (Å²) < 4.78 is 0. The fourth-order valence-corrected chi connectivity index (χ4v) is 3.54. The fourth-order valence-electron chi connectivity index (χ4n) is 2.61. The number of carboxylic acid groups (broad SMARTS) is 1. The average Bonchev–Trinajstić information content (AvgIpc) is 2.37. The topological polar surface area (TPSA) is 78.4 Å². The standard InChI is InChI=1S/C14H26N2O3S/c1-9(2)8-11(13(17)18)16-14(19)15-10-6-4-5-7-12(10)20-3/h9-12H,4-8H2,1-3H3,(H,17,18)(H2,15,16,19)/t10?,11-,12?/m0/s1. The predicted molar refractivity (Wildman–Crippen MR) is 82.1 cm³/mol. The van der Waals surface area contributed by atoms with E-state index in [1.54, 1.807) is 11.8 Å². The van der Waals surface area contributed by atoms with E-state index in [0.29, 0.717) is 11.7 Å². The molecule has 0 aromatic carbocycles. The molecule has 0 spiro atoms. The molecule has 1 aliphatic rings. The molecule has 3 N–H and O–H groups in total. The molecule has 0 heterocycles. The highest BCUT2D eigenvalue weighted by atomic mass is 32.2. The van der Waals surface area contributed by atoms with Crippen molar-refractivity contribution in [2.45, 2.75) is 63.3 Å². The Morgan fingerprint density at radius 3 is 2.50 bits per heavy atom. The summed E-state index contributed by atoms with van der Waals surface area (Å²) in [6.45, 7) is 3.89. The Hall–Kier alpha value is -0.910. The van der Waals surface area contributed by atoms with Crippen LogP contribution in [-0.2, 0) is 4.79 Å². The maximum absolute atomic E-state index is 12.0. The van der Waals surface area contributed by atoms with Crippen LogP contribution in [0.5, 0.6) is 0 Å². The Labute approximate surface area is 125 Å². The van der Waals surface area contributed by atoms with Crippen LogP contribution in [0.4, 0.5) is 4.79 Å².